The van der Waals surface area contributed by atoms with Crippen molar-refractivity contribution >= 4 is 11.8 Å². The van der Waals surface area contributed by atoms with Crippen LogP contribution in [-0.4, -0.2) is 38.9 Å². The van der Waals surface area contributed by atoms with Crippen molar-refractivity contribution in [2.24, 2.45) is 5.92 Å². The third-order valence-electron chi connectivity index (χ3n) is 5.15. The zero-order chi connectivity index (χ0) is 21.1. The predicted molar refractivity (Wildman–Crippen MR) is 110 cm³/mol. The first-order valence-electron chi connectivity index (χ1n) is 9.64. The lowest BCUT2D eigenvalue weighted by atomic mass is 10.1. The van der Waals surface area contributed by atoms with E-state index in [1.165, 1.54) is 18.3 Å². The van der Waals surface area contributed by atoms with Crippen molar-refractivity contribution < 1.29 is 9.13 Å². The van der Waals surface area contributed by atoms with Crippen LogP contribution in [0.25, 0.3) is 17.3 Å². The lowest BCUT2D eigenvalue weighted by Gasteiger charge is -2.20. The summed E-state index contributed by atoms with van der Waals surface area (Å²) in [5.41, 5.74) is 2.58. The van der Waals surface area contributed by atoms with E-state index in [-0.39, 0.29) is 17.6 Å². The van der Waals surface area contributed by atoms with Gasteiger partial charge < -0.3 is 14.3 Å². The molecule has 2 heterocycles. The van der Waals surface area contributed by atoms with E-state index in [0.29, 0.717) is 35.4 Å². The fourth-order valence-electron chi connectivity index (χ4n) is 3.51. The number of rotatable bonds is 8. The van der Waals surface area contributed by atoms with Gasteiger partial charge in [-0.25, -0.2) is 14.4 Å². The number of methoxy groups -OCH3 is 1. The minimum absolute atomic E-state index is 0.0780. The largest absolute Gasteiger partial charge is 0.383 e. The number of halogens is 1. The van der Waals surface area contributed by atoms with E-state index in [4.69, 9.17) is 15.4 Å². The molecule has 0 aliphatic heterocycles. The molecule has 0 saturated heterocycles. The molecule has 1 atom stereocenters. The average Bonchev–Trinajstić information content (AvgIpc) is 3.33. The summed E-state index contributed by atoms with van der Waals surface area (Å²) in [6.07, 6.45) is 8.68. The number of allylic oxidation sites excluding steroid dienone is 1. The van der Waals surface area contributed by atoms with Gasteiger partial charge in [0.1, 0.15) is 23.4 Å². The molecule has 152 valence electrons. The molecule has 0 radical (unpaired) electrons. The Morgan fingerprint density at radius 3 is 2.80 bits per heavy atom. The Labute approximate surface area is 173 Å². The molecule has 2 aromatic heterocycles. The molecule has 1 unspecified atom stereocenters. The maximum Gasteiger partial charge on any atom is 0.137 e. The van der Waals surface area contributed by atoms with Gasteiger partial charge in [-0.3, -0.25) is 5.41 Å². The van der Waals surface area contributed by atoms with Gasteiger partial charge in [0.25, 0.3) is 0 Å². The first-order chi connectivity index (χ1) is 14.6. The van der Waals surface area contributed by atoms with Gasteiger partial charge in [-0.15, -0.1) is 0 Å². The summed E-state index contributed by atoms with van der Waals surface area (Å²) in [4.78, 5) is 11.5. The Morgan fingerprint density at radius 2 is 2.17 bits per heavy atom. The van der Waals surface area contributed by atoms with Crippen LogP contribution in [0.15, 0.2) is 42.9 Å². The molecule has 8 heteroatoms. The molecule has 0 amide bonds. The zero-order valence-electron chi connectivity index (χ0n) is 16.5. The smallest absolute Gasteiger partial charge is 0.137 e. The van der Waals surface area contributed by atoms with Crippen molar-refractivity contribution in [1.29, 1.82) is 10.7 Å². The van der Waals surface area contributed by atoms with Crippen LogP contribution in [0.1, 0.15) is 36.1 Å². The van der Waals surface area contributed by atoms with Crippen molar-refractivity contribution in [2.45, 2.75) is 18.9 Å². The third-order valence-corrected chi connectivity index (χ3v) is 5.15. The molecule has 30 heavy (non-hydrogen) atoms. The Bertz CT molecular complexity index is 1120. The highest BCUT2D eigenvalue weighted by atomic mass is 19.1. The van der Waals surface area contributed by atoms with Crippen LogP contribution in [0.2, 0.25) is 0 Å². The van der Waals surface area contributed by atoms with Crippen LogP contribution >= 0.6 is 0 Å². The van der Waals surface area contributed by atoms with E-state index in [0.717, 1.165) is 18.4 Å². The van der Waals surface area contributed by atoms with Gasteiger partial charge in [0.2, 0.25) is 0 Å². The molecular weight excluding hydrogens is 383 g/mol. The summed E-state index contributed by atoms with van der Waals surface area (Å²) >= 11 is 0. The molecule has 0 bridgehead atoms. The number of nitriles is 1. The van der Waals surface area contributed by atoms with E-state index < -0.39 is 0 Å². The maximum atomic E-state index is 13.4. The monoisotopic (exact) mass is 404 g/mol. The van der Waals surface area contributed by atoms with Crippen LogP contribution < -0.4 is 0 Å². The second-order valence-electron chi connectivity index (χ2n) is 7.26. The van der Waals surface area contributed by atoms with Gasteiger partial charge in [-0.2, -0.15) is 5.26 Å². The van der Waals surface area contributed by atoms with Crippen LogP contribution in [0, 0.1) is 28.5 Å². The summed E-state index contributed by atoms with van der Waals surface area (Å²) in [7, 11) is 1.67. The SMILES string of the molecule is COCC(C1CC1)n1cnc(-c2ccc(F)cc2)c1C(=N)/C=C\c1ncc(C#N)[nH]1. The number of nitrogens with zero attached hydrogens (tertiary/aromatic N) is 4. The second kappa shape index (κ2) is 8.43. The van der Waals surface area contributed by atoms with E-state index in [2.05, 4.69) is 15.0 Å². The number of hydrogen-bond donors (Lipinski definition) is 2. The Balaban J connectivity index is 1.74. The summed E-state index contributed by atoms with van der Waals surface area (Å²) in [6, 6.07) is 8.17. The number of nitrogens with one attached hydrogen (secondary N) is 2. The first-order valence-corrected chi connectivity index (χ1v) is 9.64. The number of hydrogen-bond acceptors (Lipinski definition) is 5. The van der Waals surface area contributed by atoms with Crippen LogP contribution in [0.5, 0.6) is 0 Å². The van der Waals surface area contributed by atoms with Crippen LogP contribution in [-0.2, 0) is 4.74 Å². The highest BCUT2D eigenvalue weighted by Gasteiger charge is 2.34. The molecule has 0 spiro atoms. The lowest BCUT2D eigenvalue weighted by Crippen LogP contribution is -2.20. The number of aromatic nitrogens is 4. The number of benzene rings is 1. The van der Waals surface area contributed by atoms with Crippen molar-refractivity contribution in [3.05, 3.63) is 65.9 Å². The Hall–Kier alpha value is -3.57. The quantitative estimate of drug-likeness (QED) is 0.555. The molecule has 2 N–H and O–H groups in total. The van der Waals surface area contributed by atoms with Crippen molar-refractivity contribution in [2.75, 3.05) is 13.7 Å². The van der Waals surface area contributed by atoms with Crippen molar-refractivity contribution in [3.63, 3.8) is 0 Å². The van der Waals surface area contributed by atoms with Crippen LogP contribution in [0.4, 0.5) is 4.39 Å². The minimum Gasteiger partial charge on any atom is -0.383 e. The minimum atomic E-state index is -0.323. The van der Waals surface area contributed by atoms with E-state index in [1.807, 2.05) is 10.6 Å². The summed E-state index contributed by atoms with van der Waals surface area (Å²) in [6.45, 7) is 0.525. The van der Waals surface area contributed by atoms with E-state index in [1.54, 1.807) is 37.7 Å². The topological polar surface area (TPSA) is 103 Å². The van der Waals surface area contributed by atoms with Gasteiger partial charge in [-0.1, -0.05) is 0 Å². The molecule has 1 aliphatic rings. The second-order valence-corrected chi connectivity index (χ2v) is 7.26. The molecule has 7 nitrogen and oxygen atoms in total. The summed E-state index contributed by atoms with van der Waals surface area (Å²) in [5.74, 6) is 0.649. The highest BCUT2D eigenvalue weighted by Crippen LogP contribution is 2.41. The zero-order valence-corrected chi connectivity index (χ0v) is 16.5. The molecular formula is C22H21FN6O. The first kappa shape index (κ1) is 19.7. The van der Waals surface area contributed by atoms with E-state index >= 15 is 0 Å². The fourth-order valence-corrected chi connectivity index (χ4v) is 3.51. The molecule has 1 saturated carbocycles. The summed E-state index contributed by atoms with van der Waals surface area (Å²) < 4.78 is 20.9. The van der Waals surface area contributed by atoms with Gasteiger partial charge in [-0.05, 0) is 55.2 Å². The number of imidazole rings is 2. The number of aromatic amines is 1. The molecule has 4 rings (SSSR count). The lowest BCUT2D eigenvalue weighted by molar-refractivity contribution is 0.145. The number of H-pyrrole nitrogens is 1. The van der Waals surface area contributed by atoms with Gasteiger partial charge in [0.05, 0.1) is 42.3 Å². The van der Waals surface area contributed by atoms with Crippen LogP contribution in [0.3, 0.4) is 0 Å². The van der Waals surface area contributed by atoms with Gasteiger partial charge in [0.15, 0.2) is 0 Å². The molecule has 1 aromatic carbocycles. The standard InChI is InChI=1S/C22H21FN6O/c1-30-12-19(14-2-3-14)29-13-27-21(15-4-6-16(23)7-5-15)22(29)18(25)8-9-20-26-11-17(10-24)28-20/h4-9,11,13-14,19,25H,2-3,12H2,1H3,(H,26,28)/b9-8-,25-18?. The van der Waals surface area contributed by atoms with Gasteiger partial charge >= 0.3 is 0 Å². The average molecular weight is 404 g/mol. The maximum absolute atomic E-state index is 13.4. The molecule has 3 aromatic rings. The predicted octanol–water partition coefficient (Wildman–Crippen LogP) is 3.96. The fraction of sp³-hybridized carbons (Fsp3) is 0.273. The van der Waals surface area contributed by atoms with Crippen molar-refractivity contribution in [1.82, 2.24) is 19.5 Å². The van der Waals surface area contributed by atoms with Gasteiger partial charge in [0, 0.05) is 12.7 Å². The Kier molecular flexibility index (Phi) is 5.55. The summed E-state index contributed by atoms with van der Waals surface area (Å²) in [5, 5.41) is 17.7. The third kappa shape index (κ3) is 4.07. The normalized spacial score (nSPS) is 14.7. The van der Waals surface area contributed by atoms with Crippen molar-refractivity contribution in [3.8, 4) is 17.3 Å². The number of ether oxygens (including phenoxy) is 1. The molecule has 1 fully saturated rings. The highest BCUT2D eigenvalue weighted by molar-refractivity contribution is 6.10. The Morgan fingerprint density at radius 1 is 1.40 bits per heavy atom. The van der Waals surface area contributed by atoms with E-state index in [9.17, 15) is 4.39 Å². The molecule has 1 aliphatic carbocycles.